The van der Waals surface area contributed by atoms with Gasteiger partial charge in [-0.05, 0) is 49.2 Å². The molecule has 0 atom stereocenters. The second-order valence-electron chi connectivity index (χ2n) is 5.54. The quantitative estimate of drug-likeness (QED) is 0.808. The van der Waals surface area contributed by atoms with E-state index >= 15 is 0 Å². The van der Waals surface area contributed by atoms with E-state index in [-0.39, 0.29) is 11.5 Å². The van der Waals surface area contributed by atoms with Crippen molar-refractivity contribution in [2.75, 3.05) is 0 Å². The van der Waals surface area contributed by atoms with E-state index in [0.29, 0.717) is 11.1 Å². The van der Waals surface area contributed by atoms with Gasteiger partial charge in [0.15, 0.2) is 0 Å². The van der Waals surface area contributed by atoms with Crippen molar-refractivity contribution in [3.8, 4) is 17.6 Å². The van der Waals surface area contributed by atoms with Gasteiger partial charge in [-0.15, -0.1) is 0 Å². The Bertz CT molecular complexity index is 621. The summed E-state index contributed by atoms with van der Waals surface area (Å²) in [4.78, 5) is 0. The van der Waals surface area contributed by atoms with Gasteiger partial charge in [0, 0.05) is 0 Å². The Kier molecular flexibility index (Phi) is 3.63. The van der Waals surface area contributed by atoms with Crippen molar-refractivity contribution < 1.29 is 15.3 Å². The van der Waals surface area contributed by atoms with Crippen LogP contribution in [-0.2, 0) is 5.60 Å². The molecule has 21 heavy (non-hydrogen) atoms. The molecule has 0 radical (unpaired) electrons. The average Bonchev–Trinajstić information content (AvgIpc) is 2.47. The van der Waals surface area contributed by atoms with E-state index in [0.717, 1.165) is 0 Å². The van der Waals surface area contributed by atoms with E-state index in [1.54, 1.807) is 38.1 Å². The minimum Gasteiger partial charge on any atom is -0.508 e. The molecule has 4 heteroatoms. The summed E-state index contributed by atoms with van der Waals surface area (Å²) in [5.41, 5.74) is -1.68. The first-order chi connectivity index (χ1) is 9.81. The summed E-state index contributed by atoms with van der Waals surface area (Å²) in [5, 5.41) is 39.5. The fraction of sp³-hybridized carbons (Fsp3) is 0.235. The molecule has 0 aliphatic carbocycles. The van der Waals surface area contributed by atoms with Crippen LogP contribution in [0.15, 0.2) is 48.5 Å². The minimum absolute atomic E-state index is 0.0848. The van der Waals surface area contributed by atoms with Crippen LogP contribution in [0.2, 0.25) is 0 Å². The van der Waals surface area contributed by atoms with Crippen LogP contribution in [-0.4, -0.2) is 15.3 Å². The number of nitrogens with zero attached hydrogens (tertiary/aromatic N) is 1. The molecule has 0 aliphatic rings. The van der Waals surface area contributed by atoms with Crippen LogP contribution in [0.25, 0.3) is 0 Å². The maximum absolute atomic E-state index is 11.3. The molecule has 0 aliphatic heterocycles. The molecule has 0 saturated carbocycles. The highest BCUT2D eigenvalue weighted by Gasteiger charge is 2.47. The average molecular weight is 283 g/mol. The molecule has 2 aromatic rings. The molecular formula is C17H17NO3. The normalized spacial score (nSPS) is 11.9. The van der Waals surface area contributed by atoms with Crippen molar-refractivity contribution in [3.05, 3.63) is 59.7 Å². The standard InChI is InChI=1S/C17H17NO3/c1-16(2,11-18)17(21,12-3-7-14(19)8-4-12)13-5-9-15(20)10-6-13/h3-10,19-21H,1-2H3. The first kappa shape index (κ1) is 14.9. The Morgan fingerprint density at radius 1 is 0.810 bits per heavy atom. The van der Waals surface area contributed by atoms with Gasteiger partial charge in [0.05, 0.1) is 11.5 Å². The number of hydrogen-bond acceptors (Lipinski definition) is 4. The second kappa shape index (κ2) is 5.12. The number of aromatic hydroxyl groups is 2. The molecule has 2 rings (SSSR count). The zero-order valence-corrected chi connectivity index (χ0v) is 11.9. The smallest absolute Gasteiger partial charge is 0.133 e. The van der Waals surface area contributed by atoms with Crippen molar-refractivity contribution in [1.29, 1.82) is 5.26 Å². The number of hydrogen-bond donors (Lipinski definition) is 3. The van der Waals surface area contributed by atoms with E-state index in [1.165, 1.54) is 24.3 Å². The van der Waals surface area contributed by atoms with Gasteiger partial charge in [-0.2, -0.15) is 5.26 Å². The molecule has 0 unspecified atom stereocenters. The van der Waals surface area contributed by atoms with Gasteiger partial charge in [-0.3, -0.25) is 0 Å². The molecule has 0 fully saturated rings. The predicted molar refractivity (Wildman–Crippen MR) is 78.6 cm³/mol. The minimum atomic E-state index is -1.57. The summed E-state index contributed by atoms with van der Waals surface area (Å²) in [6.45, 7) is 3.29. The first-order valence-electron chi connectivity index (χ1n) is 6.54. The van der Waals surface area contributed by atoms with Crippen LogP contribution >= 0.6 is 0 Å². The second-order valence-corrected chi connectivity index (χ2v) is 5.54. The van der Waals surface area contributed by atoms with Crippen LogP contribution in [0.4, 0.5) is 0 Å². The highest BCUT2D eigenvalue weighted by molar-refractivity contribution is 5.43. The van der Waals surface area contributed by atoms with Gasteiger partial charge < -0.3 is 15.3 Å². The molecule has 3 N–H and O–H groups in total. The first-order valence-corrected chi connectivity index (χ1v) is 6.54. The zero-order chi connectivity index (χ0) is 15.7. The summed E-state index contributed by atoms with van der Waals surface area (Å²) in [7, 11) is 0. The van der Waals surface area contributed by atoms with Crippen molar-refractivity contribution in [1.82, 2.24) is 0 Å². The third kappa shape index (κ3) is 2.44. The Morgan fingerprint density at radius 3 is 1.43 bits per heavy atom. The Morgan fingerprint density at radius 2 is 1.14 bits per heavy atom. The number of phenolic OH excluding ortho intramolecular Hbond substituents is 2. The summed E-state index contributed by atoms with van der Waals surface area (Å²) in [6, 6.07) is 14.3. The zero-order valence-electron chi connectivity index (χ0n) is 11.9. The van der Waals surface area contributed by atoms with E-state index in [2.05, 4.69) is 6.07 Å². The SMILES string of the molecule is CC(C)(C#N)C(O)(c1ccc(O)cc1)c1ccc(O)cc1. The molecule has 0 bridgehead atoms. The molecule has 0 spiro atoms. The number of rotatable bonds is 3. The van der Waals surface area contributed by atoms with Gasteiger partial charge in [0.2, 0.25) is 0 Å². The van der Waals surface area contributed by atoms with Gasteiger partial charge in [-0.1, -0.05) is 24.3 Å². The summed E-state index contributed by atoms with van der Waals surface area (Å²) in [6.07, 6.45) is 0. The number of benzene rings is 2. The van der Waals surface area contributed by atoms with Crippen molar-refractivity contribution >= 4 is 0 Å². The third-order valence-electron chi connectivity index (χ3n) is 3.75. The molecule has 0 heterocycles. The number of aliphatic hydroxyl groups is 1. The molecular weight excluding hydrogens is 266 g/mol. The fourth-order valence-electron chi connectivity index (χ4n) is 2.37. The third-order valence-corrected chi connectivity index (χ3v) is 3.75. The monoisotopic (exact) mass is 283 g/mol. The number of phenols is 2. The van der Waals surface area contributed by atoms with E-state index in [1.807, 2.05) is 0 Å². The van der Waals surface area contributed by atoms with E-state index in [4.69, 9.17) is 0 Å². The van der Waals surface area contributed by atoms with Crippen LogP contribution in [0, 0.1) is 16.7 Å². The molecule has 2 aromatic carbocycles. The summed E-state index contributed by atoms with van der Waals surface area (Å²) in [5.74, 6) is 0.170. The molecule has 108 valence electrons. The Hall–Kier alpha value is -2.51. The summed E-state index contributed by atoms with van der Waals surface area (Å²) >= 11 is 0. The maximum Gasteiger partial charge on any atom is 0.133 e. The van der Waals surface area contributed by atoms with Crippen LogP contribution < -0.4 is 0 Å². The van der Waals surface area contributed by atoms with Crippen molar-refractivity contribution in [2.45, 2.75) is 19.4 Å². The topological polar surface area (TPSA) is 84.5 Å². The summed E-state index contributed by atoms with van der Waals surface area (Å²) < 4.78 is 0. The van der Waals surface area contributed by atoms with Crippen LogP contribution in [0.3, 0.4) is 0 Å². The van der Waals surface area contributed by atoms with E-state index in [9.17, 15) is 20.6 Å². The van der Waals surface area contributed by atoms with Gasteiger partial charge >= 0.3 is 0 Å². The van der Waals surface area contributed by atoms with Crippen molar-refractivity contribution in [2.24, 2.45) is 5.41 Å². The Labute approximate surface area is 123 Å². The lowest BCUT2D eigenvalue weighted by molar-refractivity contribution is -0.00492. The molecule has 0 saturated heterocycles. The van der Waals surface area contributed by atoms with Gasteiger partial charge in [0.1, 0.15) is 17.1 Å². The lowest BCUT2D eigenvalue weighted by atomic mass is 9.68. The van der Waals surface area contributed by atoms with Crippen LogP contribution in [0.5, 0.6) is 11.5 Å². The lowest BCUT2D eigenvalue weighted by Crippen LogP contribution is -2.42. The molecule has 0 aromatic heterocycles. The highest BCUT2D eigenvalue weighted by Crippen LogP contribution is 2.45. The van der Waals surface area contributed by atoms with Crippen molar-refractivity contribution in [3.63, 3.8) is 0 Å². The maximum atomic E-state index is 11.3. The Balaban J connectivity index is 2.68. The fourth-order valence-corrected chi connectivity index (χ4v) is 2.37. The van der Waals surface area contributed by atoms with Gasteiger partial charge in [0.25, 0.3) is 0 Å². The predicted octanol–water partition coefficient (Wildman–Crippen LogP) is 2.88. The largest absolute Gasteiger partial charge is 0.508 e. The highest BCUT2D eigenvalue weighted by atomic mass is 16.3. The van der Waals surface area contributed by atoms with Gasteiger partial charge in [-0.25, -0.2) is 0 Å². The molecule has 0 amide bonds. The number of nitriles is 1. The van der Waals surface area contributed by atoms with Crippen LogP contribution in [0.1, 0.15) is 25.0 Å². The van der Waals surface area contributed by atoms with E-state index < -0.39 is 11.0 Å². The molecule has 4 nitrogen and oxygen atoms in total. The lowest BCUT2D eigenvalue weighted by Gasteiger charge is -2.39.